The summed E-state index contributed by atoms with van der Waals surface area (Å²) < 4.78 is 0. The lowest BCUT2D eigenvalue weighted by Gasteiger charge is -2.33. The van der Waals surface area contributed by atoms with E-state index in [-0.39, 0.29) is 11.0 Å². The van der Waals surface area contributed by atoms with E-state index in [0.717, 1.165) is 12.8 Å². The highest BCUT2D eigenvalue weighted by atomic mass is 14.9. The van der Waals surface area contributed by atoms with Crippen LogP contribution < -0.4 is 5.73 Å². The molecule has 2 aromatic rings. The fourth-order valence-electron chi connectivity index (χ4n) is 2.63. The first-order valence-corrected chi connectivity index (χ1v) is 5.90. The van der Waals surface area contributed by atoms with Gasteiger partial charge in [0.25, 0.3) is 0 Å². The van der Waals surface area contributed by atoms with E-state index in [1.807, 2.05) is 6.20 Å². The van der Waals surface area contributed by atoms with Crippen LogP contribution in [0.5, 0.6) is 0 Å². The molecule has 0 atom stereocenters. The summed E-state index contributed by atoms with van der Waals surface area (Å²) in [7, 11) is 0. The number of benzene rings is 1. The van der Waals surface area contributed by atoms with Crippen LogP contribution in [-0.4, -0.2) is 10.5 Å². The first-order valence-electron chi connectivity index (χ1n) is 5.90. The summed E-state index contributed by atoms with van der Waals surface area (Å²) in [6.07, 6.45) is 4.27. The summed E-state index contributed by atoms with van der Waals surface area (Å²) in [6, 6.07) is 8.58. The maximum absolute atomic E-state index is 6.40. The van der Waals surface area contributed by atoms with Crippen molar-refractivity contribution in [2.45, 2.75) is 37.6 Å². The maximum atomic E-state index is 6.40. The minimum absolute atomic E-state index is 0.00755. The molecule has 1 aromatic carbocycles. The summed E-state index contributed by atoms with van der Waals surface area (Å²) in [6.45, 7) is 4.52. The number of nitrogens with one attached hydrogen (secondary N) is 1. The van der Waals surface area contributed by atoms with Crippen molar-refractivity contribution in [1.29, 1.82) is 0 Å². The Morgan fingerprint density at radius 3 is 2.69 bits per heavy atom. The number of aromatic nitrogens is 1. The molecule has 3 rings (SSSR count). The van der Waals surface area contributed by atoms with Gasteiger partial charge in [0.15, 0.2) is 0 Å². The van der Waals surface area contributed by atoms with E-state index in [1.54, 1.807) is 0 Å². The number of aromatic amines is 1. The molecule has 2 heteroatoms. The number of hydrogen-bond acceptors (Lipinski definition) is 1. The third-order valence-corrected chi connectivity index (χ3v) is 4.29. The summed E-state index contributed by atoms with van der Waals surface area (Å²) in [5.74, 6) is 0. The minimum Gasteiger partial charge on any atom is -0.361 e. The predicted molar refractivity (Wildman–Crippen MR) is 67.5 cm³/mol. The zero-order valence-corrected chi connectivity index (χ0v) is 9.88. The van der Waals surface area contributed by atoms with Crippen molar-refractivity contribution in [2.75, 3.05) is 0 Å². The van der Waals surface area contributed by atoms with E-state index in [0.29, 0.717) is 0 Å². The molecule has 0 bridgehead atoms. The second kappa shape index (κ2) is 2.89. The van der Waals surface area contributed by atoms with Gasteiger partial charge in [0, 0.05) is 22.7 Å². The lowest BCUT2D eigenvalue weighted by molar-refractivity contribution is 0.394. The summed E-state index contributed by atoms with van der Waals surface area (Å²) >= 11 is 0. The van der Waals surface area contributed by atoms with Gasteiger partial charge in [-0.3, -0.25) is 0 Å². The van der Waals surface area contributed by atoms with Crippen LogP contribution in [0.4, 0.5) is 0 Å². The Hall–Kier alpha value is -1.28. The SMILES string of the molecule is CC(C)(c1cccc2cc[nH]c12)C1(N)CC1. The third-order valence-electron chi connectivity index (χ3n) is 4.29. The van der Waals surface area contributed by atoms with Crippen LogP contribution in [0.1, 0.15) is 32.3 Å². The smallest absolute Gasteiger partial charge is 0.0492 e. The van der Waals surface area contributed by atoms with Gasteiger partial charge >= 0.3 is 0 Å². The van der Waals surface area contributed by atoms with Gasteiger partial charge in [0.2, 0.25) is 0 Å². The van der Waals surface area contributed by atoms with E-state index < -0.39 is 0 Å². The van der Waals surface area contributed by atoms with Crippen molar-refractivity contribution in [2.24, 2.45) is 5.73 Å². The second-order valence-electron chi connectivity index (χ2n) is 5.53. The molecule has 16 heavy (non-hydrogen) atoms. The quantitative estimate of drug-likeness (QED) is 0.793. The molecule has 2 nitrogen and oxygen atoms in total. The molecule has 84 valence electrons. The standard InChI is InChI=1S/C14H18N2/c1-13(2,14(15)7-8-14)11-5-3-4-10-6-9-16-12(10)11/h3-6,9,16H,7-8,15H2,1-2H3. The molecule has 1 aromatic heterocycles. The van der Waals surface area contributed by atoms with Crippen LogP contribution in [-0.2, 0) is 5.41 Å². The number of para-hydroxylation sites is 1. The Bertz CT molecular complexity index is 532. The lowest BCUT2D eigenvalue weighted by Crippen LogP contribution is -2.43. The molecule has 1 fully saturated rings. The summed E-state index contributed by atoms with van der Waals surface area (Å²) in [5.41, 5.74) is 9.02. The van der Waals surface area contributed by atoms with Gasteiger partial charge in [0.05, 0.1) is 0 Å². The van der Waals surface area contributed by atoms with Crippen molar-refractivity contribution >= 4 is 10.9 Å². The fraction of sp³-hybridized carbons (Fsp3) is 0.429. The molecule has 3 N–H and O–H groups in total. The fourth-order valence-corrected chi connectivity index (χ4v) is 2.63. The summed E-state index contributed by atoms with van der Waals surface area (Å²) in [5, 5.41) is 1.27. The minimum atomic E-state index is -0.00755. The molecular weight excluding hydrogens is 196 g/mol. The number of fused-ring (bicyclic) bond motifs is 1. The normalized spacial score (nSPS) is 18.9. The molecule has 0 radical (unpaired) electrons. The Morgan fingerprint density at radius 1 is 1.25 bits per heavy atom. The molecular formula is C14H18N2. The zero-order valence-electron chi connectivity index (χ0n) is 9.88. The Morgan fingerprint density at radius 2 is 2.00 bits per heavy atom. The van der Waals surface area contributed by atoms with Gasteiger partial charge in [-0.1, -0.05) is 32.0 Å². The van der Waals surface area contributed by atoms with Crippen molar-refractivity contribution < 1.29 is 0 Å². The van der Waals surface area contributed by atoms with Crippen molar-refractivity contribution in [3.63, 3.8) is 0 Å². The van der Waals surface area contributed by atoms with Crippen molar-refractivity contribution in [3.05, 3.63) is 36.0 Å². The monoisotopic (exact) mass is 214 g/mol. The number of nitrogens with two attached hydrogens (primary N) is 1. The topological polar surface area (TPSA) is 41.8 Å². The van der Waals surface area contributed by atoms with Gasteiger partial charge in [-0.15, -0.1) is 0 Å². The van der Waals surface area contributed by atoms with Crippen LogP contribution in [0.15, 0.2) is 30.5 Å². The number of rotatable bonds is 2. The summed E-state index contributed by atoms with van der Waals surface area (Å²) in [4.78, 5) is 3.34. The van der Waals surface area contributed by atoms with Crippen molar-refractivity contribution in [3.8, 4) is 0 Å². The van der Waals surface area contributed by atoms with Gasteiger partial charge < -0.3 is 10.7 Å². The predicted octanol–water partition coefficient (Wildman–Crippen LogP) is 2.94. The highest BCUT2D eigenvalue weighted by Gasteiger charge is 2.52. The average molecular weight is 214 g/mol. The van der Waals surface area contributed by atoms with Gasteiger partial charge in [-0.25, -0.2) is 0 Å². The molecule has 1 aliphatic rings. The zero-order chi connectivity index (χ0) is 11.4. The number of hydrogen-bond donors (Lipinski definition) is 2. The molecule has 1 aliphatic carbocycles. The highest BCUT2D eigenvalue weighted by molar-refractivity contribution is 5.83. The lowest BCUT2D eigenvalue weighted by atomic mass is 9.75. The largest absolute Gasteiger partial charge is 0.361 e. The average Bonchev–Trinajstić information content (AvgIpc) is 2.84. The van der Waals surface area contributed by atoms with Gasteiger partial charge in [-0.2, -0.15) is 0 Å². The van der Waals surface area contributed by atoms with Gasteiger partial charge in [0.1, 0.15) is 0 Å². The molecule has 1 heterocycles. The van der Waals surface area contributed by atoms with Crippen LogP contribution in [0.3, 0.4) is 0 Å². The van der Waals surface area contributed by atoms with Gasteiger partial charge in [-0.05, 0) is 29.9 Å². The van der Waals surface area contributed by atoms with Crippen LogP contribution >= 0.6 is 0 Å². The molecule has 0 aliphatic heterocycles. The number of H-pyrrole nitrogens is 1. The van der Waals surface area contributed by atoms with Crippen LogP contribution in [0, 0.1) is 0 Å². The van der Waals surface area contributed by atoms with Crippen LogP contribution in [0.2, 0.25) is 0 Å². The maximum Gasteiger partial charge on any atom is 0.0492 e. The Balaban J connectivity index is 2.22. The van der Waals surface area contributed by atoms with E-state index in [2.05, 4.69) is 43.1 Å². The molecule has 0 amide bonds. The Labute approximate surface area is 95.8 Å². The van der Waals surface area contributed by atoms with E-state index in [4.69, 9.17) is 5.73 Å². The first kappa shape index (κ1) is 9.91. The van der Waals surface area contributed by atoms with Crippen LogP contribution in [0.25, 0.3) is 10.9 Å². The second-order valence-corrected chi connectivity index (χ2v) is 5.53. The Kier molecular flexibility index (Phi) is 1.79. The van der Waals surface area contributed by atoms with E-state index in [9.17, 15) is 0 Å². The first-order chi connectivity index (χ1) is 7.55. The van der Waals surface area contributed by atoms with Crippen molar-refractivity contribution in [1.82, 2.24) is 4.98 Å². The van der Waals surface area contributed by atoms with E-state index in [1.165, 1.54) is 16.5 Å². The molecule has 0 spiro atoms. The van der Waals surface area contributed by atoms with E-state index >= 15 is 0 Å². The third kappa shape index (κ3) is 1.17. The highest BCUT2D eigenvalue weighted by Crippen LogP contribution is 2.50. The molecule has 0 unspecified atom stereocenters. The molecule has 0 saturated heterocycles. The molecule has 1 saturated carbocycles.